The second-order valence-electron chi connectivity index (χ2n) is 4.58. The van der Waals surface area contributed by atoms with Crippen molar-refractivity contribution >= 4 is 11.8 Å². The topological polar surface area (TPSA) is 20.2 Å². The third-order valence-corrected chi connectivity index (χ3v) is 4.01. The van der Waals surface area contributed by atoms with Crippen LogP contribution in [0.5, 0.6) is 0 Å². The smallest absolute Gasteiger partial charge is 0.392 e. The Morgan fingerprint density at radius 2 is 1.67 bits per heavy atom. The van der Waals surface area contributed by atoms with Crippen molar-refractivity contribution in [3.8, 4) is 0 Å². The molecule has 0 radical (unpaired) electrons. The lowest BCUT2D eigenvalue weighted by Gasteiger charge is -2.28. The van der Waals surface area contributed by atoms with Crippen LogP contribution in [0, 0.1) is 0 Å². The van der Waals surface area contributed by atoms with Crippen LogP contribution in [0.15, 0.2) is 29.2 Å². The summed E-state index contributed by atoms with van der Waals surface area (Å²) in [6.45, 7) is 0. The number of aliphatic hydroxyl groups is 1. The number of benzene rings is 1. The third kappa shape index (κ3) is 3.65. The van der Waals surface area contributed by atoms with Crippen molar-refractivity contribution in [1.82, 2.24) is 0 Å². The zero-order valence-corrected chi connectivity index (χ0v) is 10.6. The average molecular weight is 276 g/mol. The van der Waals surface area contributed by atoms with Gasteiger partial charge in [0.1, 0.15) is 0 Å². The SMILES string of the molecule is O[C@@H]1CCCC[C@H]1c1ccc(SC(F)(F)F)cc1. The summed E-state index contributed by atoms with van der Waals surface area (Å²) in [6, 6.07) is 6.37. The molecule has 0 saturated heterocycles. The number of thioether (sulfide) groups is 1. The van der Waals surface area contributed by atoms with Crippen LogP contribution in [0.4, 0.5) is 13.2 Å². The van der Waals surface area contributed by atoms with Gasteiger partial charge in [-0.2, -0.15) is 13.2 Å². The molecule has 2 rings (SSSR count). The summed E-state index contributed by atoms with van der Waals surface area (Å²) in [5.74, 6) is 0.0729. The van der Waals surface area contributed by atoms with Crippen LogP contribution < -0.4 is 0 Å². The van der Waals surface area contributed by atoms with Gasteiger partial charge in [-0.1, -0.05) is 25.0 Å². The van der Waals surface area contributed by atoms with Gasteiger partial charge in [-0.25, -0.2) is 0 Å². The molecule has 1 aliphatic carbocycles. The first-order valence-electron chi connectivity index (χ1n) is 5.99. The standard InChI is InChI=1S/C13H15F3OS/c14-13(15,16)18-10-7-5-9(6-8-10)11-3-1-2-4-12(11)17/h5-8,11-12,17H,1-4H2/t11-,12+/m0/s1. The molecule has 0 bridgehead atoms. The van der Waals surface area contributed by atoms with Crippen molar-refractivity contribution in [3.05, 3.63) is 29.8 Å². The second-order valence-corrected chi connectivity index (χ2v) is 5.71. The number of alkyl halides is 3. The second kappa shape index (κ2) is 5.53. The molecule has 0 heterocycles. The summed E-state index contributed by atoms with van der Waals surface area (Å²) < 4.78 is 36.5. The van der Waals surface area contributed by atoms with Gasteiger partial charge in [-0.15, -0.1) is 0 Å². The van der Waals surface area contributed by atoms with Gasteiger partial charge in [-0.3, -0.25) is 0 Å². The van der Waals surface area contributed by atoms with Crippen molar-refractivity contribution in [2.75, 3.05) is 0 Å². The van der Waals surface area contributed by atoms with Crippen molar-refractivity contribution in [3.63, 3.8) is 0 Å². The Morgan fingerprint density at radius 3 is 2.22 bits per heavy atom. The summed E-state index contributed by atoms with van der Waals surface area (Å²) in [4.78, 5) is 0.191. The fraction of sp³-hybridized carbons (Fsp3) is 0.538. The molecule has 1 N–H and O–H groups in total. The van der Waals surface area contributed by atoms with Crippen LogP contribution in [0.2, 0.25) is 0 Å². The fourth-order valence-corrected chi connectivity index (χ4v) is 2.96. The average Bonchev–Trinajstić information content (AvgIpc) is 2.29. The summed E-state index contributed by atoms with van der Waals surface area (Å²) in [5.41, 5.74) is -3.31. The minimum Gasteiger partial charge on any atom is -0.392 e. The molecular weight excluding hydrogens is 261 g/mol. The largest absolute Gasteiger partial charge is 0.446 e. The molecule has 1 saturated carbocycles. The molecule has 0 aliphatic heterocycles. The molecule has 1 aliphatic rings. The number of halogens is 3. The van der Waals surface area contributed by atoms with E-state index in [1.54, 1.807) is 12.1 Å². The predicted molar refractivity (Wildman–Crippen MR) is 65.6 cm³/mol. The molecule has 5 heteroatoms. The van der Waals surface area contributed by atoms with E-state index in [9.17, 15) is 18.3 Å². The summed E-state index contributed by atoms with van der Waals surface area (Å²) >= 11 is -0.106. The van der Waals surface area contributed by atoms with Gasteiger partial charge in [-0.05, 0) is 42.3 Å². The molecule has 1 fully saturated rings. The van der Waals surface area contributed by atoms with Crippen molar-refractivity contribution in [1.29, 1.82) is 0 Å². The van der Waals surface area contributed by atoms with E-state index in [1.807, 2.05) is 0 Å². The van der Waals surface area contributed by atoms with Gasteiger partial charge in [0, 0.05) is 10.8 Å². The molecule has 0 spiro atoms. The predicted octanol–water partition coefficient (Wildman–Crippen LogP) is 4.32. The maximum Gasteiger partial charge on any atom is 0.446 e. The molecule has 100 valence electrons. The number of aliphatic hydroxyl groups excluding tert-OH is 1. The minimum absolute atomic E-state index is 0.0729. The van der Waals surface area contributed by atoms with E-state index in [2.05, 4.69) is 0 Å². The van der Waals surface area contributed by atoms with Crippen molar-refractivity contribution in [2.24, 2.45) is 0 Å². The number of hydrogen-bond acceptors (Lipinski definition) is 2. The highest BCUT2D eigenvalue weighted by atomic mass is 32.2. The van der Waals surface area contributed by atoms with E-state index in [0.717, 1.165) is 31.2 Å². The van der Waals surface area contributed by atoms with E-state index in [1.165, 1.54) is 12.1 Å². The van der Waals surface area contributed by atoms with Gasteiger partial charge in [0.2, 0.25) is 0 Å². The third-order valence-electron chi connectivity index (χ3n) is 3.27. The molecule has 2 atom stereocenters. The fourth-order valence-electron chi connectivity index (χ4n) is 2.42. The van der Waals surface area contributed by atoms with Gasteiger partial charge in [0.05, 0.1) is 6.10 Å². The lowest BCUT2D eigenvalue weighted by molar-refractivity contribution is -0.0328. The first-order valence-corrected chi connectivity index (χ1v) is 6.81. The quantitative estimate of drug-likeness (QED) is 0.812. The zero-order valence-electron chi connectivity index (χ0n) is 9.78. The van der Waals surface area contributed by atoms with Gasteiger partial charge < -0.3 is 5.11 Å². The van der Waals surface area contributed by atoms with E-state index in [4.69, 9.17) is 0 Å². The first kappa shape index (κ1) is 13.7. The lowest BCUT2D eigenvalue weighted by Crippen LogP contribution is -2.22. The first-order chi connectivity index (χ1) is 8.46. The lowest BCUT2D eigenvalue weighted by atomic mass is 9.82. The summed E-state index contributed by atoms with van der Waals surface area (Å²) in [7, 11) is 0. The maximum atomic E-state index is 12.2. The molecule has 0 amide bonds. The normalized spacial score (nSPS) is 25.1. The molecule has 0 aromatic heterocycles. The maximum absolute atomic E-state index is 12.2. The summed E-state index contributed by atoms with van der Waals surface area (Å²) in [5, 5.41) is 9.89. The Kier molecular flexibility index (Phi) is 4.22. The molecule has 18 heavy (non-hydrogen) atoms. The van der Waals surface area contributed by atoms with Gasteiger partial charge >= 0.3 is 5.51 Å². The van der Waals surface area contributed by atoms with Crippen LogP contribution >= 0.6 is 11.8 Å². The van der Waals surface area contributed by atoms with Gasteiger partial charge in [0.15, 0.2) is 0 Å². The van der Waals surface area contributed by atoms with E-state index >= 15 is 0 Å². The molecule has 0 unspecified atom stereocenters. The monoisotopic (exact) mass is 276 g/mol. The van der Waals surface area contributed by atoms with Crippen molar-refractivity contribution in [2.45, 2.75) is 48.1 Å². The van der Waals surface area contributed by atoms with Gasteiger partial charge in [0.25, 0.3) is 0 Å². The van der Waals surface area contributed by atoms with Crippen LogP contribution in [-0.2, 0) is 0 Å². The van der Waals surface area contributed by atoms with E-state index < -0.39 is 5.51 Å². The highest BCUT2D eigenvalue weighted by Crippen LogP contribution is 2.38. The number of rotatable bonds is 2. The summed E-state index contributed by atoms with van der Waals surface area (Å²) in [6.07, 6.45) is 3.43. The van der Waals surface area contributed by atoms with Crippen LogP contribution in [0.1, 0.15) is 37.2 Å². The molecule has 1 nitrogen and oxygen atoms in total. The highest BCUT2D eigenvalue weighted by Gasteiger charge is 2.29. The Labute approximate surface area is 108 Å². The Hall–Kier alpha value is -0.680. The van der Waals surface area contributed by atoms with Crippen molar-refractivity contribution < 1.29 is 18.3 Å². The molecule has 1 aromatic carbocycles. The Morgan fingerprint density at radius 1 is 1.06 bits per heavy atom. The molecule has 1 aromatic rings. The highest BCUT2D eigenvalue weighted by molar-refractivity contribution is 8.00. The Bertz CT molecular complexity index is 388. The van der Waals surface area contributed by atoms with E-state index in [0.29, 0.717) is 0 Å². The number of hydrogen-bond donors (Lipinski definition) is 1. The Balaban J connectivity index is 2.07. The van der Waals surface area contributed by atoms with Crippen LogP contribution in [-0.4, -0.2) is 16.7 Å². The minimum atomic E-state index is -4.24. The van der Waals surface area contributed by atoms with Crippen LogP contribution in [0.25, 0.3) is 0 Å². The van der Waals surface area contributed by atoms with Crippen LogP contribution in [0.3, 0.4) is 0 Å². The zero-order chi connectivity index (χ0) is 13.2. The van der Waals surface area contributed by atoms with E-state index in [-0.39, 0.29) is 28.7 Å². The molecular formula is C13H15F3OS.